The number of piperazine rings is 1. The van der Waals surface area contributed by atoms with Crippen molar-refractivity contribution in [2.45, 2.75) is 57.9 Å². The molecule has 2 aromatic carbocycles. The summed E-state index contributed by atoms with van der Waals surface area (Å²) in [5, 5.41) is 0.724. The zero-order valence-corrected chi connectivity index (χ0v) is 24.9. The Labute approximate surface area is 247 Å². The fourth-order valence-corrected chi connectivity index (χ4v) is 7.53. The summed E-state index contributed by atoms with van der Waals surface area (Å²) >= 11 is 0. The number of ether oxygens (including phenoxy) is 2. The summed E-state index contributed by atoms with van der Waals surface area (Å²) < 4.78 is 24.3. The average Bonchev–Trinajstić information content (AvgIpc) is 3.47. The van der Waals surface area contributed by atoms with Crippen molar-refractivity contribution in [3.05, 3.63) is 47.8 Å². The van der Waals surface area contributed by atoms with Crippen molar-refractivity contribution in [2.24, 2.45) is 23.7 Å². The Kier molecular flexibility index (Phi) is 8.10. The SMILES string of the molecule is COc1cc2nc(N3CCN(C(=O)CCc4ccc(F)cc4)CC3C3CCC(C4CCC4C)C3)nc(N)c2cc1OC. The molecule has 2 N–H and O–H groups in total. The molecule has 1 amide bonds. The second-order valence-electron chi connectivity index (χ2n) is 12.4. The van der Waals surface area contributed by atoms with Gasteiger partial charge in [0.1, 0.15) is 11.6 Å². The maximum atomic E-state index is 13.4. The van der Waals surface area contributed by atoms with Crippen LogP contribution in [-0.4, -0.2) is 60.7 Å². The van der Waals surface area contributed by atoms with Gasteiger partial charge < -0.3 is 25.0 Å². The zero-order valence-electron chi connectivity index (χ0n) is 24.9. The minimum absolute atomic E-state index is 0.117. The molecule has 2 aliphatic carbocycles. The van der Waals surface area contributed by atoms with Crippen LogP contribution in [0, 0.1) is 29.5 Å². The first-order valence-electron chi connectivity index (χ1n) is 15.3. The third kappa shape index (κ3) is 5.57. The van der Waals surface area contributed by atoms with Crippen LogP contribution >= 0.6 is 0 Å². The number of anilines is 2. The largest absolute Gasteiger partial charge is 0.493 e. The number of nitrogen functional groups attached to an aromatic ring is 1. The highest BCUT2D eigenvalue weighted by Crippen LogP contribution is 2.49. The lowest BCUT2D eigenvalue weighted by Crippen LogP contribution is -2.58. The number of aromatic nitrogens is 2. The molecule has 1 saturated heterocycles. The molecule has 224 valence electrons. The Balaban J connectivity index is 1.25. The second-order valence-corrected chi connectivity index (χ2v) is 12.4. The number of carbonyl (C=O) groups excluding carboxylic acids is 1. The number of rotatable bonds is 8. The molecule has 8 nitrogen and oxygen atoms in total. The quantitative estimate of drug-likeness (QED) is 0.380. The fourth-order valence-electron chi connectivity index (χ4n) is 7.53. The summed E-state index contributed by atoms with van der Waals surface area (Å²) in [5.41, 5.74) is 8.18. The van der Waals surface area contributed by atoms with E-state index in [0.717, 1.165) is 35.1 Å². The van der Waals surface area contributed by atoms with Crippen LogP contribution in [0.5, 0.6) is 11.5 Å². The van der Waals surface area contributed by atoms with Gasteiger partial charge in [0.15, 0.2) is 11.5 Å². The van der Waals surface area contributed by atoms with Gasteiger partial charge in [-0.15, -0.1) is 0 Å². The van der Waals surface area contributed by atoms with E-state index in [1.165, 1.54) is 37.8 Å². The number of benzene rings is 2. The highest BCUT2D eigenvalue weighted by Gasteiger charge is 2.44. The minimum atomic E-state index is -0.260. The van der Waals surface area contributed by atoms with Gasteiger partial charge in [0.2, 0.25) is 11.9 Å². The van der Waals surface area contributed by atoms with Crippen LogP contribution in [0.15, 0.2) is 36.4 Å². The van der Waals surface area contributed by atoms with E-state index < -0.39 is 0 Å². The molecule has 5 atom stereocenters. The maximum Gasteiger partial charge on any atom is 0.228 e. The number of halogens is 1. The molecule has 3 aliphatic rings. The summed E-state index contributed by atoms with van der Waals surface area (Å²) in [5.74, 6) is 4.93. The Morgan fingerprint density at radius 2 is 1.74 bits per heavy atom. The molecule has 5 unspecified atom stereocenters. The van der Waals surface area contributed by atoms with Crippen molar-refractivity contribution in [3.8, 4) is 11.5 Å². The van der Waals surface area contributed by atoms with Crippen molar-refractivity contribution in [3.63, 3.8) is 0 Å². The highest BCUT2D eigenvalue weighted by molar-refractivity contribution is 5.91. The highest BCUT2D eigenvalue weighted by atomic mass is 19.1. The average molecular weight is 576 g/mol. The van der Waals surface area contributed by atoms with Crippen LogP contribution in [0.3, 0.4) is 0 Å². The molecule has 0 spiro atoms. The van der Waals surface area contributed by atoms with Crippen LogP contribution < -0.4 is 20.1 Å². The van der Waals surface area contributed by atoms with E-state index in [1.807, 2.05) is 17.0 Å². The van der Waals surface area contributed by atoms with Gasteiger partial charge in [-0.1, -0.05) is 25.5 Å². The summed E-state index contributed by atoms with van der Waals surface area (Å²) in [4.78, 5) is 27.5. The van der Waals surface area contributed by atoms with Crippen LogP contribution in [0.4, 0.5) is 16.2 Å². The second kappa shape index (κ2) is 11.9. The van der Waals surface area contributed by atoms with Gasteiger partial charge >= 0.3 is 0 Å². The van der Waals surface area contributed by atoms with E-state index >= 15 is 0 Å². The van der Waals surface area contributed by atoms with Gasteiger partial charge in [-0.3, -0.25) is 4.79 Å². The van der Waals surface area contributed by atoms with E-state index in [-0.39, 0.29) is 17.8 Å². The maximum absolute atomic E-state index is 13.4. The Bertz CT molecular complexity index is 1430. The van der Waals surface area contributed by atoms with E-state index in [9.17, 15) is 9.18 Å². The standard InChI is InChI=1S/C33H42FN5O3/c1-20-4-12-25(20)22-8-9-23(16-22)28-19-38(31(40)13-7-21-5-10-24(34)11-6-21)14-15-39(28)33-36-27-18-30(42-3)29(41-2)17-26(27)32(35)37-33/h5-6,10-11,17-18,20,22-23,25,28H,4,7-9,12-16,19H2,1-3H3,(H2,35,36,37). The van der Waals surface area contributed by atoms with E-state index in [1.54, 1.807) is 26.4 Å². The van der Waals surface area contributed by atoms with Gasteiger partial charge in [0, 0.05) is 37.5 Å². The predicted octanol–water partition coefficient (Wildman–Crippen LogP) is 5.48. The molecule has 3 aromatic rings. The lowest BCUT2D eigenvalue weighted by molar-refractivity contribution is -0.132. The number of aryl methyl sites for hydroxylation is 1. The number of carbonyl (C=O) groups is 1. The van der Waals surface area contributed by atoms with Crippen molar-refractivity contribution < 1.29 is 18.7 Å². The first kappa shape index (κ1) is 28.5. The lowest BCUT2D eigenvalue weighted by Gasteiger charge is -2.45. The first-order valence-corrected chi connectivity index (χ1v) is 15.3. The number of hydrogen-bond donors (Lipinski definition) is 1. The van der Waals surface area contributed by atoms with E-state index in [0.29, 0.717) is 67.2 Å². The van der Waals surface area contributed by atoms with Gasteiger partial charge in [0.05, 0.1) is 25.8 Å². The predicted molar refractivity (Wildman–Crippen MR) is 162 cm³/mol. The Morgan fingerprint density at radius 3 is 2.43 bits per heavy atom. The van der Waals surface area contributed by atoms with Crippen molar-refractivity contribution in [1.82, 2.24) is 14.9 Å². The Morgan fingerprint density at radius 1 is 1.00 bits per heavy atom. The van der Waals surface area contributed by atoms with E-state index in [4.69, 9.17) is 25.2 Å². The van der Waals surface area contributed by atoms with Crippen LogP contribution in [0.1, 0.15) is 51.0 Å². The summed E-state index contributed by atoms with van der Waals surface area (Å²) in [7, 11) is 3.20. The number of nitrogens with zero attached hydrogens (tertiary/aromatic N) is 4. The monoisotopic (exact) mass is 575 g/mol. The topological polar surface area (TPSA) is 93.8 Å². The first-order chi connectivity index (χ1) is 20.3. The van der Waals surface area contributed by atoms with Crippen molar-refractivity contribution in [1.29, 1.82) is 0 Å². The molecule has 0 bridgehead atoms. The van der Waals surface area contributed by atoms with Gasteiger partial charge in [-0.2, -0.15) is 4.98 Å². The lowest BCUT2D eigenvalue weighted by atomic mass is 9.67. The molecule has 6 rings (SSSR count). The molecular weight excluding hydrogens is 533 g/mol. The van der Waals surface area contributed by atoms with Crippen LogP contribution in [0.2, 0.25) is 0 Å². The molecule has 1 aromatic heterocycles. The summed E-state index contributed by atoms with van der Waals surface area (Å²) in [6, 6.07) is 10.2. The molecule has 42 heavy (non-hydrogen) atoms. The molecule has 9 heteroatoms. The van der Waals surface area contributed by atoms with Gasteiger partial charge in [-0.05, 0) is 79.5 Å². The Hall–Kier alpha value is -3.62. The zero-order chi connectivity index (χ0) is 29.4. The number of fused-ring (bicyclic) bond motifs is 1. The van der Waals surface area contributed by atoms with Gasteiger partial charge in [-0.25, -0.2) is 9.37 Å². The normalized spacial score (nSPS) is 25.9. The third-order valence-electron chi connectivity index (χ3n) is 10.1. The minimum Gasteiger partial charge on any atom is -0.493 e. The molecule has 1 aliphatic heterocycles. The molecule has 0 radical (unpaired) electrons. The van der Waals surface area contributed by atoms with E-state index in [2.05, 4.69) is 11.8 Å². The number of amides is 1. The van der Waals surface area contributed by atoms with Crippen molar-refractivity contribution >= 4 is 28.6 Å². The fraction of sp³-hybridized carbons (Fsp3) is 0.545. The van der Waals surface area contributed by atoms with Crippen LogP contribution in [0.25, 0.3) is 10.9 Å². The summed E-state index contributed by atoms with van der Waals surface area (Å²) in [6.07, 6.45) is 7.28. The van der Waals surface area contributed by atoms with Crippen LogP contribution in [-0.2, 0) is 11.2 Å². The molecular formula is C33H42FN5O3. The number of methoxy groups -OCH3 is 2. The number of nitrogens with two attached hydrogens (primary N) is 1. The molecule has 3 fully saturated rings. The summed E-state index contributed by atoms with van der Waals surface area (Å²) in [6.45, 7) is 4.28. The molecule has 2 saturated carbocycles. The molecule has 2 heterocycles. The van der Waals surface area contributed by atoms with Crippen molar-refractivity contribution in [2.75, 3.05) is 44.5 Å². The number of hydrogen-bond acceptors (Lipinski definition) is 7. The van der Waals surface area contributed by atoms with Gasteiger partial charge in [0.25, 0.3) is 0 Å². The third-order valence-corrected chi connectivity index (χ3v) is 10.1. The smallest absolute Gasteiger partial charge is 0.228 e.